The summed E-state index contributed by atoms with van der Waals surface area (Å²) in [5.74, 6) is 5.29. The van der Waals surface area contributed by atoms with E-state index in [2.05, 4.69) is 36.2 Å². The van der Waals surface area contributed by atoms with Crippen LogP contribution < -0.4 is 11.1 Å². The quantitative estimate of drug-likeness (QED) is 0.451. The van der Waals surface area contributed by atoms with E-state index < -0.39 is 24.3 Å². The number of nitrogens with one attached hydrogen (secondary N) is 1. The second kappa shape index (κ2) is 11.8. The minimum atomic E-state index is -0.892. The molecule has 0 aliphatic rings. The molecule has 0 saturated carbocycles. The predicted octanol–water partition coefficient (Wildman–Crippen LogP) is 2.44. The van der Waals surface area contributed by atoms with Crippen LogP contribution in [0.4, 0.5) is 0 Å². The largest absolute Gasteiger partial charge is 0.388 e. The third kappa shape index (κ3) is 7.19. The monoisotopic (exact) mass is 392 g/mol. The van der Waals surface area contributed by atoms with Gasteiger partial charge in [0.1, 0.15) is 12.6 Å². The molecule has 2 rings (SSSR count). The van der Waals surface area contributed by atoms with Crippen LogP contribution in [-0.2, 0) is 11.2 Å². The van der Waals surface area contributed by atoms with Crippen molar-refractivity contribution < 1.29 is 14.7 Å². The Labute approximate surface area is 172 Å². The van der Waals surface area contributed by atoms with E-state index in [-0.39, 0.29) is 6.54 Å². The molecule has 0 aliphatic carbocycles. The molecular weight excluding hydrogens is 364 g/mol. The van der Waals surface area contributed by atoms with E-state index in [9.17, 15) is 9.59 Å². The fourth-order valence-corrected chi connectivity index (χ4v) is 2.81. The summed E-state index contributed by atoms with van der Waals surface area (Å²) in [6.45, 7) is 1.48. The number of hydrogen-bond donors (Lipinski definition) is 3. The van der Waals surface area contributed by atoms with Crippen LogP contribution in [0.15, 0.2) is 48.5 Å². The lowest BCUT2D eigenvalue weighted by Gasteiger charge is -2.14. The molecule has 0 aromatic heterocycles. The molecule has 152 valence electrons. The minimum absolute atomic E-state index is 0.0634. The Morgan fingerprint density at radius 1 is 1.00 bits per heavy atom. The molecule has 0 bridgehead atoms. The van der Waals surface area contributed by atoms with Gasteiger partial charge in [0.05, 0.1) is 0 Å². The first-order valence-electron chi connectivity index (χ1n) is 9.93. The van der Waals surface area contributed by atoms with Gasteiger partial charge in [-0.25, -0.2) is 0 Å². The number of aliphatic hydroxyl groups is 1. The molecule has 0 heterocycles. The summed E-state index contributed by atoms with van der Waals surface area (Å²) in [5, 5.41) is 11.4. The van der Waals surface area contributed by atoms with Gasteiger partial charge in [0.15, 0.2) is 5.78 Å². The smallest absolute Gasteiger partial charge is 0.251 e. The van der Waals surface area contributed by atoms with Crippen LogP contribution in [0.1, 0.15) is 53.2 Å². The van der Waals surface area contributed by atoms with Gasteiger partial charge < -0.3 is 16.2 Å². The first kappa shape index (κ1) is 22.4. The van der Waals surface area contributed by atoms with Crippen LogP contribution >= 0.6 is 0 Å². The molecule has 2 aromatic carbocycles. The van der Waals surface area contributed by atoms with Crippen molar-refractivity contribution >= 4 is 11.7 Å². The van der Waals surface area contributed by atoms with Crippen LogP contribution in [0.3, 0.4) is 0 Å². The first-order chi connectivity index (χ1) is 14.1. The van der Waals surface area contributed by atoms with Crippen LogP contribution in [0.5, 0.6) is 0 Å². The summed E-state index contributed by atoms with van der Waals surface area (Å²) in [5.41, 5.74) is 8.93. The molecule has 0 spiro atoms. The first-order valence-corrected chi connectivity index (χ1v) is 9.93. The second-order valence-corrected chi connectivity index (χ2v) is 6.87. The zero-order valence-corrected chi connectivity index (χ0v) is 16.8. The van der Waals surface area contributed by atoms with Crippen molar-refractivity contribution in [2.45, 2.75) is 38.6 Å². The molecule has 29 heavy (non-hydrogen) atoms. The van der Waals surface area contributed by atoms with Crippen molar-refractivity contribution in [3.05, 3.63) is 70.8 Å². The van der Waals surface area contributed by atoms with Crippen LogP contribution in [0, 0.1) is 11.8 Å². The molecule has 1 amide bonds. The van der Waals surface area contributed by atoms with E-state index in [4.69, 9.17) is 10.8 Å². The molecular formula is C24H28N2O3. The van der Waals surface area contributed by atoms with Crippen molar-refractivity contribution in [1.82, 2.24) is 5.32 Å². The Bertz CT molecular complexity index is 862. The maximum atomic E-state index is 12.2. The topological polar surface area (TPSA) is 92.4 Å². The highest BCUT2D eigenvalue weighted by atomic mass is 16.3. The number of unbranched alkanes of at least 4 members (excludes halogenated alkanes) is 2. The number of carbonyl (C=O) groups excluding carboxylic acids is 2. The number of amides is 1. The van der Waals surface area contributed by atoms with Gasteiger partial charge in [0.2, 0.25) is 0 Å². The van der Waals surface area contributed by atoms with Gasteiger partial charge in [0.25, 0.3) is 5.91 Å². The summed E-state index contributed by atoms with van der Waals surface area (Å²) in [7, 11) is 0. The molecule has 0 saturated heterocycles. The van der Waals surface area contributed by atoms with Gasteiger partial charge in [-0.3, -0.25) is 9.59 Å². The van der Waals surface area contributed by atoms with Crippen molar-refractivity contribution in [3.8, 4) is 11.8 Å². The molecule has 5 heteroatoms. The molecule has 5 nitrogen and oxygen atoms in total. The van der Waals surface area contributed by atoms with Gasteiger partial charge in [-0.2, -0.15) is 0 Å². The maximum Gasteiger partial charge on any atom is 0.251 e. The zero-order chi connectivity index (χ0) is 21.1. The predicted molar refractivity (Wildman–Crippen MR) is 114 cm³/mol. The number of ketones is 1. The Kier molecular flexibility index (Phi) is 9.10. The van der Waals surface area contributed by atoms with E-state index in [0.717, 1.165) is 17.5 Å². The molecule has 0 radical (unpaired) electrons. The summed E-state index contributed by atoms with van der Waals surface area (Å²) in [6.07, 6.45) is 4.78. The number of carbonyl (C=O) groups is 2. The molecule has 0 unspecified atom stereocenters. The third-order valence-electron chi connectivity index (χ3n) is 4.61. The Morgan fingerprint density at radius 2 is 1.59 bits per heavy atom. The molecule has 4 N–H and O–H groups in total. The SMILES string of the molecule is CCCCCc1ccc(C#Cc2ccc(C(=O)N[C@@H](CN)C(=O)CO)cc2)cc1. The van der Waals surface area contributed by atoms with E-state index in [1.807, 2.05) is 12.1 Å². The van der Waals surface area contributed by atoms with Gasteiger partial charge in [-0.05, 0) is 54.8 Å². The van der Waals surface area contributed by atoms with Gasteiger partial charge in [-0.1, -0.05) is 43.7 Å². The van der Waals surface area contributed by atoms with Gasteiger partial charge in [-0.15, -0.1) is 0 Å². The van der Waals surface area contributed by atoms with Crippen LogP contribution in [-0.4, -0.2) is 36.0 Å². The van der Waals surface area contributed by atoms with Gasteiger partial charge >= 0.3 is 0 Å². The summed E-state index contributed by atoms with van der Waals surface area (Å²) in [4.78, 5) is 23.7. The molecule has 1 atom stereocenters. The number of hydrogen-bond acceptors (Lipinski definition) is 4. The number of Topliss-reactive ketones (excluding diaryl/α,β-unsaturated/α-hetero) is 1. The molecule has 0 fully saturated rings. The second-order valence-electron chi connectivity index (χ2n) is 6.87. The Balaban J connectivity index is 1.97. The highest BCUT2D eigenvalue weighted by molar-refractivity contribution is 5.98. The van der Waals surface area contributed by atoms with E-state index in [1.165, 1.54) is 24.8 Å². The summed E-state index contributed by atoms with van der Waals surface area (Å²) >= 11 is 0. The molecule has 0 aliphatic heterocycles. The van der Waals surface area contributed by atoms with Crippen molar-refractivity contribution in [3.63, 3.8) is 0 Å². The lowest BCUT2D eigenvalue weighted by Crippen LogP contribution is -2.46. The minimum Gasteiger partial charge on any atom is -0.388 e. The summed E-state index contributed by atoms with van der Waals surface area (Å²) in [6, 6.07) is 14.2. The van der Waals surface area contributed by atoms with Crippen molar-refractivity contribution in [1.29, 1.82) is 0 Å². The normalized spacial score (nSPS) is 11.3. The van der Waals surface area contributed by atoms with Crippen molar-refractivity contribution in [2.75, 3.05) is 13.2 Å². The van der Waals surface area contributed by atoms with Crippen LogP contribution in [0.2, 0.25) is 0 Å². The standard InChI is InChI=1S/C24H28N2O3/c1-2-3-4-5-18-6-8-19(9-7-18)10-11-20-12-14-21(15-13-20)24(29)26-22(16-25)23(28)17-27/h6-9,12-15,22,27H,2-5,16-17,25H2,1H3,(H,26,29)/t22-/m0/s1. The maximum absolute atomic E-state index is 12.2. The van der Waals surface area contributed by atoms with Crippen molar-refractivity contribution in [2.24, 2.45) is 5.73 Å². The Hall–Kier alpha value is -2.94. The lowest BCUT2D eigenvalue weighted by molar-refractivity contribution is -0.123. The highest BCUT2D eigenvalue weighted by Gasteiger charge is 2.18. The van der Waals surface area contributed by atoms with Gasteiger partial charge in [0, 0.05) is 23.2 Å². The van der Waals surface area contributed by atoms with Crippen LogP contribution in [0.25, 0.3) is 0 Å². The third-order valence-corrected chi connectivity index (χ3v) is 4.61. The summed E-state index contributed by atoms with van der Waals surface area (Å²) < 4.78 is 0. The number of benzene rings is 2. The molecule has 2 aromatic rings. The fourth-order valence-electron chi connectivity index (χ4n) is 2.81. The van der Waals surface area contributed by atoms with E-state index >= 15 is 0 Å². The Morgan fingerprint density at radius 3 is 2.10 bits per heavy atom. The van der Waals surface area contributed by atoms with E-state index in [0.29, 0.717) is 5.56 Å². The highest BCUT2D eigenvalue weighted by Crippen LogP contribution is 2.09. The number of rotatable bonds is 9. The average molecular weight is 392 g/mol. The number of aliphatic hydroxyl groups excluding tert-OH is 1. The fraction of sp³-hybridized carbons (Fsp3) is 0.333. The zero-order valence-electron chi connectivity index (χ0n) is 16.8. The lowest BCUT2D eigenvalue weighted by atomic mass is 10.1. The number of aryl methyl sites for hydroxylation is 1. The average Bonchev–Trinajstić information content (AvgIpc) is 2.76. The number of nitrogens with two attached hydrogens (primary N) is 1. The van der Waals surface area contributed by atoms with E-state index in [1.54, 1.807) is 24.3 Å².